The van der Waals surface area contributed by atoms with Gasteiger partial charge in [0.2, 0.25) is 0 Å². The molecule has 0 atom stereocenters. The number of nitrogens with zero attached hydrogens (tertiary/aromatic N) is 1. The Labute approximate surface area is 110 Å². The maximum Gasteiger partial charge on any atom is 0.279 e. The Morgan fingerprint density at radius 2 is 1.67 bits per heavy atom. The third-order valence-electron chi connectivity index (χ3n) is 2.78. The number of rotatable bonds is 7. The van der Waals surface area contributed by atoms with Gasteiger partial charge in [0.15, 0.2) is 0 Å². The Kier molecular flexibility index (Phi) is 5.78. The Hall–Kier alpha value is -0.910. The van der Waals surface area contributed by atoms with Crippen molar-refractivity contribution in [1.82, 2.24) is 9.03 Å². The smallest absolute Gasteiger partial charge is 0.198 e. The van der Waals surface area contributed by atoms with E-state index in [1.54, 1.807) is 0 Å². The molecule has 0 aliphatic carbocycles. The summed E-state index contributed by atoms with van der Waals surface area (Å²) in [7, 11) is -0.317. The van der Waals surface area contributed by atoms with Gasteiger partial charge in [-0.3, -0.25) is 0 Å². The van der Waals surface area contributed by atoms with E-state index in [9.17, 15) is 8.42 Å². The van der Waals surface area contributed by atoms with Gasteiger partial charge in [0.25, 0.3) is 10.2 Å². The maximum absolute atomic E-state index is 11.5. The summed E-state index contributed by atoms with van der Waals surface area (Å²) in [6, 6.07) is 8.08. The fraction of sp³-hybridized carbons (Fsp3) is 0.538. The van der Waals surface area contributed by atoms with Crippen LogP contribution in [-0.2, 0) is 23.2 Å². The molecule has 0 unspecified atom stereocenters. The maximum atomic E-state index is 11.5. The number of unbranched alkanes of at least 4 members (excludes halogenated alkanes) is 1. The molecule has 0 amide bonds. The van der Waals surface area contributed by atoms with Crippen molar-refractivity contribution >= 4 is 10.2 Å². The number of benzene rings is 1. The molecule has 0 radical (unpaired) electrons. The molecule has 0 saturated carbocycles. The van der Waals surface area contributed by atoms with Crippen molar-refractivity contribution in [2.75, 3.05) is 14.1 Å². The largest absolute Gasteiger partial charge is 0.279 e. The molecule has 5 heteroatoms. The van der Waals surface area contributed by atoms with Crippen LogP contribution < -0.4 is 4.72 Å². The van der Waals surface area contributed by atoms with Crippen LogP contribution in [0.1, 0.15) is 30.9 Å². The number of hydrogen-bond donors (Lipinski definition) is 1. The summed E-state index contributed by atoms with van der Waals surface area (Å²) in [6.07, 6.45) is 3.46. The molecule has 0 saturated heterocycles. The second-order valence-electron chi connectivity index (χ2n) is 4.53. The highest BCUT2D eigenvalue weighted by Crippen LogP contribution is 2.08. The molecule has 0 bridgehead atoms. The molecule has 1 rings (SSSR count). The monoisotopic (exact) mass is 270 g/mol. The van der Waals surface area contributed by atoms with Crippen LogP contribution in [-0.4, -0.2) is 26.8 Å². The van der Waals surface area contributed by atoms with Crippen molar-refractivity contribution in [3.8, 4) is 0 Å². The molecular weight excluding hydrogens is 248 g/mol. The highest BCUT2D eigenvalue weighted by Gasteiger charge is 2.11. The molecule has 4 nitrogen and oxygen atoms in total. The Bertz CT molecular complexity index is 452. The fourth-order valence-electron chi connectivity index (χ4n) is 1.51. The summed E-state index contributed by atoms with van der Waals surface area (Å²) >= 11 is 0. The van der Waals surface area contributed by atoms with Crippen LogP contribution in [0.5, 0.6) is 0 Å². The first-order valence-electron chi connectivity index (χ1n) is 6.20. The van der Waals surface area contributed by atoms with Gasteiger partial charge in [-0.1, -0.05) is 37.6 Å². The van der Waals surface area contributed by atoms with E-state index in [4.69, 9.17) is 0 Å². The molecule has 0 spiro atoms. The lowest BCUT2D eigenvalue weighted by atomic mass is 10.1. The van der Waals surface area contributed by atoms with Crippen molar-refractivity contribution in [1.29, 1.82) is 0 Å². The van der Waals surface area contributed by atoms with Crippen LogP contribution in [0, 0.1) is 0 Å². The standard InChI is InChI=1S/C13H22N2O2S/c1-4-5-6-12-7-9-13(10-8-12)11-14-18(16,17)15(2)3/h7-10,14H,4-6,11H2,1-3H3. The zero-order chi connectivity index (χ0) is 13.6. The highest BCUT2D eigenvalue weighted by molar-refractivity contribution is 7.87. The van der Waals surface area contributed by atoms with Crippen LogP contribution in [0.3, 0.4) is 0 Å². The second kappa shape index (κ2) is 6.87. The van der Waals surface area contributed by atoms with Gasteiger partial charge in [-0.2, -0.15) is 17.4 Å². The fourth-order valence-corrected chi connectivity index (χ4v) is 2.12. The molecular formula is C13H22N2O2S. The highest BCUT2D eigenvalue weighted by atomic mass is 32.2. The molecule has 102 valence electrons. The summed E-state index contributed by atoms with van der Waals surface area (Å²) in [5.74, 6) is 0. The van der Waals surface area contributed by atoms with Gasteiger partial charge in [-0.15, -0.1) is 0 Å². The zero-order valence-electron chi connectivity index (χ0n) is 11.3. The third kappa shape index (κ3) is 4.76. The number of nitrogens with one attached hydrogen (secondary N) is 1. The lowest BCUT2D eigenvalue weighted by Gasteiger charge is -2.12. The molecule has 0 aliphatic heterocycles. The molecule has 1 aromatic rings. The summed E-state index contributed by atoms with van der Waals surface area (Å²) in [6.45, 7) is 2.50. The average Bonchev–Trinajstić information content (AvgIpc) is 2.35. The minimum Gasteiger partial charge on any atom is -0.198 e. The predicted octanol–water partition coefficient (Wildman–Crippen LogP) is 1.93. The molecule has 1 N–H and O–H groups in total. The van der Waals surface area contributed by atoms with Crippen LogP contribution in [0.25, 0.3) is 0 Å². The Balaban J connectivity index is 2.54. The molecule has 0 aromatic heterocycles. The lowest BCUT2D eigenvalue weighted by Crippen LogP contribution is -2.35. The van der Waals surface area contributed by atoms with Crippen LogP contribution >= 0.6 is 0 Å². The molecule has 0 aliphatic rings. The first kappa shape index (κ1) is 15.1. The van der Waals surface area contributed by atoms with E-state index < -0.39 is 10.2 Å². The predicted molar refractivity (Wildman–Crippen MR) is 74.5 cm³/mol. The van der Waals surface area contributed by atoms with Gasteiger partial charge in [0.1, 0.15) is 0 Å². The molecule has 1 aromatic carbocycles. The van der Waals surface area contributed by atoms with Crippen molar-refractivity contribution in [3.63, 3.8) is 0 Å². The lowest BCUT2D eigenvalue weighted by molar-refractivity contribution is 0.505. The topological polar surface area (TPSA) is 49.4 Å². The summed E-state index contributed by atoms with van der Waals surface area (Å²) in [5.41, 5.74) is 2.27. The second-order valence-corrected chi connectivity index (χ2v) is 6.50. The quantitative estimate of drug-likeness (QED) is 0.823. The van der Waals surface area contributed by atoms with E-state index in [1.807, 2.05) is 12.1 Å². The van der Waals surface area contributed by atoms with Gasteiger partial charge in [0, 0.05) is 20.6 Å². The van der Waals surface area contributed by atoms with Crippen molar-refractivity contribution < 1.29 is 8.42 Å². The van der Waals surface area contributed by atoms with E-state index in [0.29, 0.717) is 6.54 Å². The first-order chi connectivity index (χ1) is 8.45. The zero-order valence-corrected chi connectivity index (χ0v) is 12.1. The number of hydrogen-bond acceptors (Lipinski definition) is 2. The Morgan fingerprint density at radius 3 is 2.17 bits per heavy atom. The average molecular weight is 270 g/mol. The van der Waals surface area contributed by atoms with Crippen LogP contribution in [0.2, 0.25) is 0 Å². The Morgan fingerprint density at radius 1 is 1.11 bits per heavy atom. The van der Waals surface area contributed by atoms with Gasteiger partial charge in [0.05, 0.1) is 0 Å². The van der Waals surface area contributed by atoms with E-state index in [0.717, 1.165) is 12.0 Å². The third-order valence-corrected chi connectivity index (χ3v) is 4.25. The van der Waals surface area contributed by atoms with E-state index >= 15 is 0 Å². The van der Waals surface area contributed by atoms with Gasteiger partial charge < -0.3 is 0 Å². The minimum atomic E-state index is -3.34. The van der Waals surface area contributed by atoms with E-state index in [1.165, 1.54) is 36.8 Å². The van der Waals surface area contributed by atoms with Gasteiger partial charge in [-0.25, -0.2) is 0 Å². The van der Waals surface area contributed by atoms with E-state index in [2.05, 4.69) is 23.8 Å². The SMILES string of the molecule is CCCCc1ccc(CNS(=O)(=O)N(C)C)cc1. The summed E-state index contributed by atoms with van der Waals surface area (Å²) in [4.78, 5) is 0. The van der Waals surface area contributed by atoms with Crippen molar-refractivity contribution in [3.05, 3.63) is 35.4 Å². The summed E-state index contributed by atoms with van der Waals surface area (Å²) < 4.78 is 26.8. The van der Waals surface area contributed by atoms with Crippen molar-refractivity contribution in [2.24, 2.45) is 0 Å². The van der Waals surface area contributed by atoms with Gasteiger partial charge >= 0.3 is 0 Å². The number of aryl methyl sites for hydroxylation is 1. The molecule has 0 fully saturated rings. The van der Waals surface area contributed by atoms with Crippen LogP contribution in [0.15, 0.2) is 24.3 Å². The molecule has 0 heterocycles. The van der Waals surface area contributed by atoms with E-state index in [-0.39, 0.29) is 0 Å². The minimum absolute atomic E-state index is 0.328. The normalized spacial score (nSPS) is 12.0. The van der Waals surface area contributed by atoms with Gasteiger partial charge in [-0.05, 0) is 24.0 Å². The van der Waals surface area contributed by atoms with Crippen molar-refractivity contribution in [2.45, 2.75) is 32.7 Å². The van der Waals surface area contributed by atoms with Crippen LogP contribution in [0.4, 0.5) is 0 Å². The molecule has 18 heavy (non-hydrogen) atoms. The first-order valence-corrected chi connectivity index (χ1v) is 7.64. The summed E-state index contributed by atoms with van der Waals surface area (Å²) in [5, 5.41) is 0.